The number of β-amino-alcohol motifs (C(OH)–C–C–N with tert-alkyl or cyclic N) is 1. The number of nitrogen functional groups attached to an aromatic ring is 1. The molecule has 6 heteroatoms. The fraction of sp³-hybridized carbons (Fsp3) is 0.636. The monoisotopic (exact) mass is 238 g/mol. The summed E-state index contributed by atoms with van der Waals surface area (Å²) in [5.41, 5.74) is 6.51. The Bertz CT molecular complexity index is 439. The number of anilines is 1. The van der Waals surface area contributed by atoms with Gasteiger partial charge in [0, 0.05) is 13.1 Å². The topological polar surface area (TPSA) is 95.2 Å². The Kier molecular flexibility index (Phi) is 2.82. The van der Waals surface area contributed by atoms with E-state index in [1.54, 1.807) is 11.8 Å². The quantitative estimate of drug-likeness (QED) is 0.683. The Morgan fingerprint density at radius 1 is 1.71 bits per heavy atom. The Balaban J connectivity index is 2.18. The summed E-state index contributed by atoms with van der Waals surface area (Å²) in [6.45, 7) is 4.55. The first-order valence-electron chi connectivity index (χ1n) is 5.79. The number of aliphatic hydroxyl groups is 1. The molecule has 1 aliphatic heterocycles. The summed E-state index contributed by atoms with van der Waals surface area (Å²) in [5, 5.41) is 16.5. The van der Waals surface area contributed by atoms with Crippen LogP contribution in [0.15, 0.2) is 0 Å². The third-order valence-corrected chi connectivity index (χ3v) is 3.18. The number of nitrogens with zero attached hydrogens (tertiary/aromatic N) is 2. The minimum atomic E-state index is -0.797. The van der Waals surface area contributed by atoms with Gasteiger partial charge in [-0.3, -0.25) is 9.89 Å². The zero-order valence-electron chi connectivity index (χ0n) is 10.2. The van der Waals surface area contributed by atoms with E-state index < -0.39 is 5.60 Å². The smallest absolute Gasteiger partial charge is 0.276 e. The Hall–Kier alpha value is -1.56. The molecule has 1 amide bonds. The third kappa shape index (κ3) is 2.12. The second-order valence-corrected chi connectivity index (χ2v) is 4.79. The summed E-state index contributed by atoms with van der Waals surface area (Å²) in [4.78, 5) is 13.7. The average Bonchev–Trinajstić information content (AvgIpc) is 2.80. The standard InChI is InChI=1S/C11H18N4O2/c1-3-7-8(12)9(14-13-7)10(16)15-5-4-11(2,17)6-15/h17H,3-6,12H2,1-2H3,(H,13,14). The lowest BCUT2D eigenvalue weighted by atomic mass is 10.1. The summed E-state index contributed by atoms with van der Waals surface area (Å²) in [5.74, 6) is -0.212. The summed E-state index contributed by atoms with van der Waals surface area (Å²) in [7, 11) is 0. The molecule has 2 heterocycles. The maximum absolute atomic E-state index is 12.1. The molecule has 0 aliphatic carbocycles. The van der Waals surface area contributed by atoms with E-state index in [1.165, 1.54) is 0 Å². The summed E-state index contributed by atoms with van der Waals surface area (Å²) in [6.07, 6.45) is 1.30. The second kappa shape index (κ2) is 4.03. The van der Waals surface area contributed by atoms with E-state index in [2.05, 4.69) is 10.2 Å². The molecule has 6 nitrogen and oxygen atoms in total. The van der Waals surface area contributed by atoms with Crippen LogP contribution < -0.4 is 5.73 Å². The average molecular weight is 238 g/mol. The molecular formula is C11H18N4O2. The summed E-state index contributed by atoms with van der Waals surface area (Å²) in [6, 6.07) is 0. The van der Waals surface area contributed by atoms with Gasteiger partial charge in [0.1, 0.15) is 0 Å². The number of hydrogen-bond acceptors (Lipinski definition) is 4. The molecule has 1 unspecified atom stereocenters. The number of hydrogen-bond donors (Lipinski definition) is 3. The zero-order valence-corrected chi connectivity index (χ0v) is 10.2. The van der Waals surface area contributed by atoms with Crippen molar-refractivity contribution in [2.45, 2.75) is 32.3 Å². The zero-order chi connectivity index (χ0) is 12.6. The molecule has 0 saturated carbocycles. The first-order valence-corrected chi connectivity index (χ1v) is 5.79. The van der Waals surface area contributed by atoms with Crippen LogP contribution in [0.25, 0.3) is 0 Å². The van der Waals surface area contributed by atoms with Crippen LogP contribution in [0.1, 0.15) is 36.5 Å². The molecule has 1 fully saturated rings. The van der Waals surface area contributed by atoms with Crippen LogP contribution in [0.5, 0.6) is 0 Å². The third-order valence-electron chi connectivity index (χ3n) is 3.18. The van der Waals surface area contributed by atoms with Crippen LogP contribution in [-0.2, 0) is 6.42 Å². The molecule has 0 radical (unpaired) electrons. The molecule has 1 saturated heterocycles. The summed E-state index contributed by atoms with van der Waals surface area (Å²) < 4.78 is 0. The number of H-pyrrole nitrogens is 1. The number of aryl methyl sites for hydroxylation is 1. The van der Waals surface area contributed by atoms with Crippen molar-refractivity contribution in [3.05, 3.63) is 11.4 Å². The highest BCUT2D eigenvalue weighted by Crippen LogP contribution is 2.24. The van der Waals surface area contributed by atoms with E-state index in [0.29, 0.717) is 31.6 Å². The van der Waals surface area contributed by atoms with Gasteiger partial charge in [0.25, 0.3) is 5.91 Å². The molecule has 0 bridgehead atoms. The van der Waals surface area contributed by atoms with Crippen LogP contribution in [0.2, 0.25) is 0 Å². The van der Waals surface area contributed by atoms with Gasteiger partial charge in [-0.05, 0) is 19.8 Å². The lowest BCUT2D eigenvalue weighted by Crippen LogP contribution is -2.34. The molecule has 0 spiro atoms. The van der Waals surface area contributed by atoms with Gasteiger partial charge in [0.2, 0.25) is 0 Å². The predicted octanol–water partition coefficient (Wildman–Crippen LogP) is 0.151. The van der Waals surface area contributed by atoms with E-state index >= 15 is 0 Å². The lowest BCUT2D eigenvalue weighted by Gasteiger charge is -2.18. The van der Waals surface area contributed by atoms with Crippen LogP contribution in [-0.4, -0.2) is 44.8 Å². The van der Waals surface area contributed by atoms with E-state index in [0.717, 1.165) is 5.69 Å². The summed E-state index contributed by atoms with van der Waals surface area (Å²) >= 11 is 0. The highest BCUT2D eigenvalue weighted by molar-refractivity contribution is 5.97. The minimum Gasteiger partial charge on any atom is -0.395 e. The van der Waals surface area contributed by atoms with Crippen LogP contribution in [0.4, 0.5) is 5.69 Å². The number of amides is 1. The van der Waals surface area contributed by atoms with Crippen molar-refractivity contribution >= 4 is 11.6 Å². The van der Waals surface area contributed by atoms with Gasteiger partial charge < -0.3 is 15.7 Å². The van der Waals surface area contributed by atoms with Gasteiger partial charge >= 0.3 is 0 Å². The largest absolute Gasteiger partial charge is 0.395 e. The van der Waals surface area contributed by atoms with Gasteiger partial charge in [-0.25, -0.2) is 0 Å². The number of rotatable bonds is 2. The molecule has 2 rings (SSSR count). The minimum absolute atomic E-state index is 0.212. The van der Waals surface area contributed by atoms with Crippen molar-refractivity contribution in [2.75, 3.05) is 18.8 Å². The first kappa shape index (κ1) is 11.9. The first-order chi connectivity index (χ1) is 7.94. The van der Waals surface area contributed by atoms with E-state index in [4.69, 9.17) is 5.73 Å². The van der Waals surface area contributed by atoms with Crippen molar-refractivity contribution in [1.82, 2.24) is 15.1 Å². The fourth-order valence-corrected chi connectivity index (χ4v) is 2.09. The van der Waals surface area contributed by atoms with Crippen molar-refractivity contribution in [1.29, 1.82) is 0 Å². The number of likely N-dealkylation sites (tertiary alicyclic amines) is 1. The maximum atomic E-state index is 12.1. The fourth-order valence-electron chi connectivity index (χ4n) is 2.09. The molecule has 1 aromatic rings. The van der Waals surface area contributed by atoms with E-state index in [1.807, 2.05) is 6.92 Å². The molecule has 1 aromatic heterocycles. The Labute approximate surface area is 99.8 Å². The van der Waals surface area contributed by atoms with E-state index in [9.17, 15) is 9.90 Å². The number of aromatic amines is 1. The molecule has 4 N–H and O–H groups in total. The van der Waals surface area contributed by atoms with E-state index in [-0.39, 0.29) is 11.6 Å². The van der Waals surface area contributed by atoms with Gasteiger partial charge in [0.05, 0.1) is 17.0 Å². The van der Waals surface area contributed by atoms with Gasteiger partial charge in [-0.15, -0.1) is 0 Å². The van der Waals surface area contributed by atoms with Crippen molar-refractivity contribution in [3.8, 4) is 0 Å². The highest BCUT2D eigenvalue weighted by atomic mass is 16.3. The van der Waals surface area contributed by atoms with Crippen LogP contribution in [0.3, 0.4) is 0 Å². The molecule has 94 valence electrons. The maximum Gasteiger partial charge on any atom is 0.276 e. The molecule has 1 atom stereocenters. The molecule has 17 heavy (non-hydrogen) atoms. The number of nitrogens with one attached hydrogen (secondary N) is 1. The lowest BCUT2D eigenvalue weighted by molar-refractivity contribution is 0.0569. The Morgan fingerprint density at radius 2 is 2.41 bits per heavy atom. The molecular weight excluding hydrogens is 220 g/mol. The number of carbonyl (C=O) groups is 1. The van der Waals surface area contributed by atoms with Crippen molar-refractivity contribution in [2.24, 2.45) is 0 Å². The normalized spacial score (nSPS) is 24.3. The predicted molar refractivity (Wildman–Crippen MR) is 63.5 cm³/mol. The molecule has 0 aromatic carbocycles. The number of nitrogens with two attached hydrogens (primary N) is 1. The number of carbonyl (C=O) groups excluding carboxylic acids is 1. The van der Waals surface area contributed by atoms with Crippen LogP contribution >= 0.6 is 0 Å². The Morgan fingerprint density at radius 3 is 2.88 bits per heavy atom. The van der Waals surface area contributed by atoms with Gasteiger partial charge in [0.15, 0.2) is 5.69 Å². The van der Waals surface area contributed by atoms with Gasteiger partial charge in [-0.2, -0.15) is 5.10 Å². The van der Waals surface area contributed by atoms with Gasteiger partial charge in [-0.1, -0.05) is 6.92 Å². The SMILES string of the molecule is CCc1[nH]nc(C(=O)N2CCC(C)(O)C2)c1N. The van der Waals surface area contributed by atoms with Crippen LogP contribution in [0, 0.1) is 0 Å². The molecule has 1 aliphatic rings. The highest BCUT2D eigenvalue weighted by Gasteiger charge is 2.35. The van der Waals surface area contributed by atoms with Crippen molar-refractivity contribution in [3.63, 3.8) is 0 Å². The second-order valence-electron chi connectivity index (χ2n) is 4.79. The van der Waals surface area contributed by atoms with Crippen molar-refractivity contribution < 1.29 is 9.90 Å². The number of aromatic nitrogens is 2.